The molecule has 0 radical (unpaired) electrons. The lowest BCUT2D eigenvalue weighted by Gasteiger charge is -1.98. The van der Waals surface area contributed by atoms with Crippen LogP contribution < -0.4 is 5.73 Å². The monoisotopic (exact) mass is 315 g/mol. The summed E-state index contributed by atoms with van der Waals surface area (Å²) in [5, 5.41) is 0. The van der Waals surface area contributed by atoms with Crippen LogP contribution in [-0.4, -0.2) is 9.97 Å². The number of nitrogens with two attached hydrogens (primary N) is 1. The molecule has 1 heterocycles. The van der Waals surface area contributed by atoms with E-state index in [1.165, 1.54) is 11.1 Å². The number of anilines is 1. The third-order valence-electron chi connectivity index (χ3n) is 3.14. The van der Waals surface area contributed by atoms with E-state index in [1.54, 1.807) is 0 Å². The van der Waals surface area contributed by atoms with Crippen molar-refractivity contribution >= 4 is 32.7 Å². The van der Waals surface area contributed by atoms with Crippen LogP contribution in [0, 0.1) is 6.92 Å². The summed E-state index contributed by atoms with van der Waals surface area (Å²) in [6, 6.07) is 12.0. The van der Waals surface area contributed by atoms with Crippen LogP contribution in [0.1, 0.15) is 17.0 Å². The van der Waals surface area contributed by atoms with Gasteiger partial charge < -0.3 is 10.7 Å². The molecule has 96 valence electrons. The molecule has 1 aromatic heterocycles. The van der Waals surface area contributed by atoms with Gasteiger partial charge in [-0.1, -0.05) is 28.1 Å². The Balaban J connectivity index is 1.97. The first-order valence-corrected chi connectivity index (χ1v) is 6.90. The van der Waals surface area contributed by atoms with Gasteiger partial charge >= 0.3 is 0 Å². The van der Waals surface area contributed by atoms with E-state index in [0.29, 0.717) is 0 Å². The SMILES string of the molecule is Cc1cc(Br)cc2[nH]c(Cc3ccc(N)cc3)nc12. The van der Waals surface area contributed by atoms with E-state index in [4.69, 9.17) is 5.73 Å². The molecule has 3 nitrogen and oxygen atoms in total. The molecular weight excluding hydrogens is 302 g/mol. The number of benzene rings is 2. The highest BCUT2D eigenvalue weighted by molar-refractivity contribution is 9.10. The number of halogens is 1. The molecule has 0 atom stereocenters. The van der Waals surface area contributed by atoms with E-state index < -0.39 is 0 Å². The van der Waals surface area contributed by atoms with Gasteiger partial charge in [-0.05, 0) is 42.3 Å². The molecule has 0 amide bonds. The quantitative estimate of drug-likeness (QED) is 0.706. The minimum absolute atomic E-state index is 0.784. The molecular formula is C15H14BrN3. The van der Waals surface area contributed by atoms with Crippen molar-refractivity contribution in [2.24, 2.45) is 0 Å². The number of hydrogen-bond acceptors (Lipinski definition) is 2. The van der Waals surface area contributed by atoms with E-state index in [9.17, 15) is 0 Å². The van der Waals surface area contributed by atoms with Crippen LogP contribution in [0.2, 0.25) is 0 Å². The zero-order valence-electron chi connectivity index (χ0n) is 10.6. The number of rotatable bonds is 2. The van der Waals surface area contributed by atoms with Crippen LogP contribution in [0.4, 0.5) is 5.69 Å². The minimum atomic E-state index is 0.784. The summed E-state index contributed by atoms with van der Waals surface area (Å²) in [5.41, 5.74) is 10.9. The van der Waals surface area contributed by atoms with Crippen LogP contribution in [0.3, 0.4) is 0 Å². The average Bonchev–Trinajstić information content (AvgIpc) is 2.75. The lowest BCUT2D eigenvalue weighted by atomic mass is 10.1. The molecule has 0 aliphatic heterocycles. The van der Waals surface area contributed by atoms with E-state index >= 15 is 0 Å². The number of nitrogen functional groups attached to an aromatic ring is 1. The number of aryl methyl sites for hydroxylation is 1. The molecule has 0 saturated carbocycles. The van der Waals surface area contributed by atoms with E-state index in [0.717, 1.165) is 33.4 Å². The Kier molecular flexibility index (Phi) is 3.03. The third kappa shape index (κ3) is 2.49. The van der Waals surface area contributed by atoms with Crippen molar-refractivity contribution < 1.29 is 0 Å². The summed E-state index contributed by atoms with van der Waals surface area (Å²) in [6.07, 6.45) is 0.784. The highest BCUT2D eigenvalue weighted by Gasteiger charge is 2.07. The van der Waals surface area contributed by atoms with Gasteiger partial charge in [-0.2, -0.15) is 0 Å². The second-order valence-corrected chi connectivity index (χ2v) is 5.64. The standard InChI is InChI=1S/C15H14BrN3/c1-9-6-11(16)8-13-15(9)19-14(18-13)7-10-2-4-12(17)5-3-10/h2-6,8H,7,17H2,1H3,(H,18,19). The minimum Gasteiger partial charge on any atom is -0.399 e. The molecule has 0 unspecified atom stereocenters. The van der Waals surface area contributed by atoms with E-state index in [2.05, 4.69) is 45.0 Å². The predicted molar refractivity (Wildman–Crippen MR) is 82.2 cm³/mol. The van der Waals surface area contributed by atoms with Gasteiger partial charge in [0.25, 0.3) is 0 Å². The fourth-order valence-electron chi connectivity index (χ4n) is 2.21. The molecule has 0 spiro atoms. The number of nitrogens with zero attached hydrogens (tertiary/aromatic N) is 1. The van der Waals surface area contributed by atoms with Gasteiger partial charge in [0, 0.05) is 16.6 Å². The van der Waals surface area contributed by atoms with E-state index in [-0.39, 0.29) is 0 Å². The van der Waals surface area contributed by atoms with Crippen molar-refractivity contribution in [3.05, 3.63) is 57.8 Å². The van der Waals surface area contributed by atoms with Crippen LogP contribution >= 0.6 is 15.9 Å². The predicted octanol–water partition coefficient (Wildman–Crippen LogP) is 3.81. The molecule has 3 N–H and O–H groups in total. The van der Waals surface area contributed by atoms with Gasteiger partial charge in [0.1, 0.15) is 5.82 Å². The zero-order chi connectivity index (χ0) is 13.4. The first kappa shape index (κ1) is 12.2. The number of imidazole rings is 1. The van der Waals surface area contributed by atoms with Crippen LogP contribution in [0.15, 0.2) is 40.9 Å². The fourth-order valence-corrected chi connectivity index (χ4v) is 2.78. The molecule has 0 fully saturated rings. The first-order valence-electron chi connectivity index (χ1n) is 6.11. The maximum Gasteiger partial charge on any atom is 0.111 e. The smallest absolute Gasteiger partial charge is 0.111 e. The molecule has 0 saturated heterocycles. The molecule has 19 heavy (non-hydrogen) atoms. The summed E-state index contributed by atoms with van der Waals surface area (Å²) in [5.74, 6) is 0.973. The normalized spacial score (nSPS) is 11.1. The van der Waals surface area contributed by atoms with Crippen LogP contribution in [0.5, 0.6) is 0 Å². The third-order valence-corrected chi connectivity index (χ3v) is 3.60. The number of H-pyrrole nitrogens is 1. The molecule has 3 rings (SSSR count). The maximum atomic E-state index is 5.69. The summed E-state index contributed by atoms with van der Waals surface area (Å²) in [7, 11) is 0. The molecule has 0 bridgehead atoms. The second kappa shape index (κ2) is 4.70. The average molecular weight is 316 g/mol. The Hall–Kier alpha value is -1.81. The summed E-state index contributed by atoms with van der Waals surface area (Å²) in [4.78, 5) is 8.03. The Morgan fingerprint density at radius 1 is 1.21 bits per heavy atom. The Labute approximate surface area is 120 Å². The molecule has 0 aliphatic rings. The molecule has 4 heteroatoms. The number of hydrogen-bond donors (Lipinski definition) is 2. The number of aromatic amines is 1. The molecule has 3 aromatic rings. The number of nitrogens with one attached hydrogen (secondary N) is 1. The van der Waals surface area contributed by atoms with Gasteiger partial charge in [-0.25, -0.2) is 4.98 Å². The first-order chi connectivity index (χ1) is 9.11. The highest BCUT2D eigenvalue weighted by Crippen LogP contribution is 2.23. The summed E-state index contributed by atoms with van der Waals surface area (Å²) in [6.45, 7) is 2.07. The summed E-state index contributed by atoms with van der Waals surface area (Å²) < 4.78 is 1.07. The highest BCUT2D eigenvalue weighted by atomic mass is 79.9. The fraction of sp³-hybridized carbons (Fsp3) is 0.133. The zero-order valence-corrected chi connectivity index (χ0v) is 12.2. The topological polar surface area (TPSA) is 54.7 Å². The Bertz CT molecular complexity index is 729. The number of fused-ring (bicyclic) bond motifs is 1. The Morgan fingerprint density at radius 3 is 2.68 bits per heavy atom. The van der Waals surface area contributed by atoms with Crippen molar-refractivity contribution in [2.75, 3.05) is 5.73 Å². The van der Waals surface area contributed by atoms with Crippen molar-refractivity contribution in [1.29, 1.82) is 0 Å². The molecule has 2 aromatic carbocycles. The van der Waals surface area contributed by atoms with E-state index in [1.807, 2.05) is 24.3 Å². The lowest BCUT2D eigenvalue weighted by Crippen LogP contribution is -1.91. The largest absolute Gasteiger partial charge is 0.399 e. The van der Waals surface area contributed by atoms with Gasteiger partial charge in [-0.15, -0.1) is 0 Å². The van der Waals surface area contributed by atoms with Gasteiger partial charge in [-0.3, -0.25) is 0 Å². The van der Waals surface area contributed by atoms with Crippen LogP contribution in [-0.2, 0) is 6.42 Å². The van der Waals surface area contributed by atoms with Crippen molar-refractivity contribution in [2.45, 2.75) is 13.3 Å². The maximum absolute atomic E-state index is 5.69. The lowest BCUT2D eigenvalue weighted by molar-refractivity contribution is 1.04. The van der Waals surface area contributed by atoms with Crippen LogP contribution in [0.25, 0.3) is 11.0 Å². The number of aromatic nitrogens is 2. The van der Waals surface area contributed by atoms with Gasteiger partial charge in [0.15, 0.2) is 0 Å². The van der Waals surface area contributed by atoms with Crippen molar-refractivity contribution in [3.8, 4) is 0 Å². The van der Waals surface area contributed by atoms with Crippen molar-refractivity contribution in [3.63, 3.8) is 0 Å². The Morgan fingerprint density at radius 2 is 1.95 bits per heavy atom. The van der Waals surface area contributed by atoms with Gasteiger partial charge in [0.2, 0.25) is 0 Å². The van der Waals surface area contributed by atoms with Crippen molar-refractivity contribution in [1.82, 2.24) is 9.97 Å². The van der Waals surface area contributed by atoms with Gasteiger partial charge in [0.05, 0.1) is 11.0 Å². The second-order valence-electron chi connectivity index (χ2n) is 4.72. The summed E-state index contributed by atoms with van der Waals surface area (Å²) >= 11 is 3.51. The molecule has 0 aliphatic carbocycles.